The molecule has 2 heterocycles. The van der Waals surface area contributed by atoms with Gasteiger partial charge < -0.3 is 14.8 Å². The van der Waals surface area contributed by atoms with E-state index >= 15 is 0 Å². The number of hydrogen-bond acceptors (Lipinski definition) is 6. The predicted octanol–water partition coefficient (Wildman–Crippen LogP) is 2.58. The van der Waals surface area contributed by atoms with Crippen LogP contribution < -0.4 is 5.32 Å². The SMILES string of the molecule is CC(C)(C)OC(=O)Nc1nc(C(=O)O)c(-c2ncc[nH]2)s1. The molecule has 3 N–H and O–H groups in total. The third-order valence-corrected chi connectivity index (χ3v) is 3.13. The summed E-state index contributed by atoms with van der Waals surface area (Å²) in [5.74, 6) is -0.822. The molecule has 0 saturated carbocycles. The van der Waals surface area contributed by atoms with E-state index in [1.165, 1.54) is 6.20 Å². The number of nitrogens with zero attached hydrogens (tertiary/aromatic N) is 2. The van der Waals surface area contributed by atoms with Crippen LogP contribution >= 0.6 is 11.3 Å². The minimum Gasteiger partial charge on any atom is -0.476 e. The maximum absolute atomic E-state index is 11.7. The standard InChI is InChI=1S/C12H14N4O4S/c1-12(2,3)20-11(19)16-10-15-6(9(17)18)7(21-10)8-13-4-5-14-8/h4-5H,1-3H3,(H,13,14)(H,17,18)(H,15,16,19). The van der Waals surface area contributed by atoms with E-state index in [2.05, 4.69) is 20.3 Å². The van der Waals surface area contributed by atoms with Crippen LogP contribution in [0.2, 0.25) is 0 Å². The van der Waals surface area contributed by atoms with Crippen LogP contribution in [-0.4, -0.2) is 37.7 Å². The number of carbonyl (C=O) groups excluding carboxylic acids is 1. The normalized spacial score (nSPS) is 11.2. The number of aromatic amines is 1. The van der Waals surface area contributed by atoms with Crippen LogP contribution in [0.1, 0.15) is 31.3 Å². The number of aromatic carboxylic acids is 1. The Bertz CT molecular complexity index is 657. The van der Waals surface area contributed by atoms with Gasteiger partial charge in [-0.15, -0.1) is 0 Å². The van der Waals surface area contributed by atoms with Gasteiger partial charge in [-0.2, -0.15) is 0 Å². The molecule has 0 fully saturated rings. The lowest BCUT2D eigenvalue weighted by atomic mass is 10.2. The summed E-state index contributed by atoms with van der Waals surface area (Å²) in [5, 5.41) is 11.7. The average Bonchev–Trinajstić information content (AvgIpc) is 2.92. The fraction of sp³-hybridized carbons (Fsp3) is 0.333. The molecule has 0 radical (unpaired) electrons. The number of ether oxygens (including phenoxy) is 1. The summed E-state index contributed by atoms with van der Waals surface area (Å²) in [4.78, 5) is 33.9. The minimum absolute atomic E-state index is 0.132. The van der Waals surface area contributed by atoms with Crippen molar-refractivity contribution in [2.75, 3.05) is 5.32 Å². The second kappa shape index (κ2) is 5.52. The third kappa shape index (κ3) is 3.78. The van der Waals surface area contributed by atoms with Gasteiger partial charge in [-0.1, -0.05) is 11.3 Å². The third-order valence-electron chi connectivity index (χ3n) is 2.15. The van der Waals surface area contributed by atoms with Gasteiger partial charge in [0.25, 0.3) is 0 Å². The molecule has 8 nitrogen and oxygen atoms in total. The predicted molar refractivity (Wildman–Crippen MR) is 76.5 cm³/mol. The molecule has 2 rings (SSSR count). The van der Waals surface area contributed by atoms with Crippen LogP contribution in [0.3, 0.4) is 0 Å². The van der Waals surface area contributed by atoms with Crippen LogP contribution in [0, 0.1) is 0 Å². The Kier molecular flexibility index (Phi) is 3.94. The monoisotopic (exact) mass is 310 g/mol. The van der Waals surface area contributed by atoms with Crippen LogP contribution in [0.15, 0.2) is 12.4 Å². The second-order valence-corrected chi connectivity index (χ2v) is 6.07. The summed E-state index contributed by atoms with van der Waals surface area (Å²) in [6, 6.07) is 0. The van der Waals surface area contributed by atoms with E-state index in [0.717, 1.165) is 11.3 Å². The van der Waals surface area contributed by atoms with Crippen molar-refractivity contribution < 1.29 is 19.4 Å². The molecule has 0 aliphatic rings. The number of carbonyl (C=O) groups is 2. The number of thiazole rings is 1. The number of amides is 1. The number of carboxylic acid groups (broad SMARTS) is 1. The first-order chi connectivity index (χ1) is 9.76. The molecule has 0 aromatic carbocycles. The number of carboxylic acids is 1. The molecule has 2 aromatic rings. The zero-order valence-electron chi connectivity index (χ0n) is 11.6. The zero-order valence-corrected chi connectivity index (χ0v) is 12.4. The Morgan fingerprint density at radius 3 is 2.67 bits per heavy atom. The number of H-pyrrole nitrogens is 1. The first-order valence-electron chi connectivity index (χ1n) is 6.00. The fourth-order valence-corrected chi connectivity index (χ4v) is 2.36. The van der Waals surface area contributed by atoms with Crippen LogP contribution in [0.4, 0.5) is 9.93 Å². The Balaban J connectivity index is 2.24. The molecular weight excluding hydrogens is 296 g/mol. The highest BCUT2D eigenvalue weighted by molar-refractivity contribution is 7.19. The highest BCUT2D eigenvalue weighted by Crippen LogP contribution is 2.31. The van der Waals surface area contributed by atoms with Gasteiger partial charge in [-0.05, 0) is 20.8 Å². The average molecular weight is 310 g/mol. The quantitative estimate of drug-likeness (QED) is 0.802. The summed E-state index contributed by atoms with van der Waals surface area (Å²) in [5.41, 5.74) is -0.832. The number of anilines is 1. The van der Waals surface area contributed by atoms with E-state index in [1.54, 1.807) is 27.0 Å². The number of hydrogen-bond donors (Lipinski definition) is 3. The Morgan fingerprint density at radius 1 is 1.43 bits per heavy atom. The van der Waals surface area contributed by atoms with Gasteiger partial charge in [0.2, 0.25) is 0 Å². The van der Waals surface area contributed by atoms with E-state index in [-0.39, 0.29) is 10.8 Å². The summed E-state index contributed by atoms with van der Waals surface area (Å²) < 4.78 is 5.09. The fourth-order valence-electron chi connectivity index (χ4n) is 1.46. The smallest absolute Gasteiger partial charge is 0.413 e. The molecule has 112 valence electrons. The number of nitrogens with one attached hydrogen (secondary N) is 2. The molecule has 0 spiro atoms. The highest BCUT2D eigenvalue weighted by atomic mass is 32.1. The van der Waals surface area contributed by atoms with E-state index in [4.69, 9.17) is 9.84 Å². The highest BCUT2D eigenvalue weighted by Gasteiger charge is 2.23. The second-order valence-electron chi connectivity index (χ2n) is 5.07. The van der Waals surface area contributed by atoms with Gasteiger partial charge in [0.15, 0.2) is 10.8 Å². The number of rotatable bonds is 3. The molecule has 0 aliphatic carbocycles. The lowest BCUT2D eigenvalue weighted by Crippen LogP contribution is -2.27. The van der Waals surface area contributed by atoms with Gasteiger partial charge in [-0.25, -0.2) is 19.6 Å². The van der Waals surface area contributed by atoms with Crippen LogP contribution in [0.5, 0.6) is 0 Å². The molecule has 2 aromatic heterocycles. The van der Waals surface area contributed by atoms with Crippen molar-refractivity contribution in [3.8, 4) is 10.7 Å². The Labute approximate surface area is 124 Å². The van der Waals surface area contributed by atoms with Crippen molar-refractivity contribution in [2.45, 2.75) is 26.4 Å². The van der Waals surface area contributed by atoms with Crippen molar-refractivity contribution in [1.29, 1.82) is 0 Å². The van der Waals surface area contributed by atoms with E-state index < -0.39 is 17.7 Å². The topological polar surface area (TPSA) is 117 Å². The van der Waals surface area contributed by atoms with Crippen molar-refractivity contribution in [3.05, 3.63) is 18.1 Å². The van der Waals surface area contributed by atoms with E-state index in [0.29, 0.717) is 10.7 Å². The lowest BCUT2D eigenvalue weighted by molar-refractivity contribution is 0.0632. The van der Waals surface area contributed by atoms with Crippen molar-refractivity contribution in [2.24, 2.45) is 0 Å². The molecule has 0 saturated heterocycles. The summed E-state index contributed by atoms with van der Waals surface area (Å²) in [6.07, 6.45) is 2.38. The molecule has 0 aliphatic heterocycles. The van der Waals surface area contributed by atoms with E-state index in [1.807, 2.05) is 0 Å². The molecule has 1 amide bonds. The maximum atomic E-state index is 11.7. The molecule has 0 unspecified atom stereocenters. The molecule has 0 atom stereocenters. The van der Waals surface area contributed by atoms with Crippen molar-refractivity contribution in [1.82, 2.24) is 15.0 Å². The van der Waals surface area contributed by atoms with Crippen LogP contribution in [0.25, 0.3) is 10.7 Å². The molecule has 9 heteroatoms. The summed E-state index contributed by atoms with van der Waals surface area (Å²) >= 11 is 1.00. The van der Waals surface area contributed by atoms with Crippen LogP contribution in [-0.2, 0) is 4.74 Å². The minimum atomic E-state index is -1.20. The number of imidazole rings is 1. The van der Waals surface area contributed by atoms with E-state index in [9.17, 15) is 9.59 Å². The first-order valence-corrected chi connectivity index (χ1v) is 6.82. The molecule has 0 bridgehead atoms. The number of aromatic nitrogens is 3. The van der Waals surface area contributed by atoms with Crippen molar-refractivity contribution >= 4 is 28.5 Å². The first kappa shape index (κ1) is 15.0. The van der Waals surface area contributed by atoms with Gasteiger partial charge in [0.1, 0.15) is 16.3 Å². The summed E-state index contributed by atoms with van der Waals surface area (Å²) in [6.45, 7) is 5.18. The molecule has 21 heavy (non-hydrogen) atoms. The summed E-state index contributed by atoms with van der Waals surface area (Å²) in [7, 11) is 0. The zero-order chi connectivity index (χ0) is 15.6. The van der Waals surface area contributed by atoms with Gasteiger partial charge in [-0.3, -0.25) is 5.32 Å². The van der Waals surface area contributed by atoms with Gasteiger partial charge in [0.05, 0.1) is 0 Å². The molecular formula is C12H14N4O4S. The van der Waals surface area contributed by atoms with Crippen molar-refractivity contribution in [3.63, 3.8) is 0 Å². The lowest BCUT2D eigenvalue weighted by Gasteiger charge is -2.18. The Hall–Kier alpha value is -2.42. The van der Waals surface area contributed by atoms with Gasteiger partial charge >= 0.3 is 12.1 Å². The van der Waals surface area contributed by atoms with Gasteiger partial charge in [0, 0.05) is 12.4 Å². The largest absolute Gasteiger partial charge is 0.476 e. The Morgan fingerprint density at radius 2 is 2.14 bits per heavy atom. The maximum Gasteiger partial charge on any atom is 0.413 e.